The molecule has 0 fully saturated rings. The molecule has 0 saturated carbocycles. The molecule has 0 saturated heterocycles. The number of rotatable bonds is 4. The maximum atomic E-state index is 12.9. The summed E-state index contributed by atoms with van der Waals surface area (Å²) >= 11 is 6.33. The van der Waals surface area contributed by atoms with E-state index in [1.54, 1.807) is 19.1 Å². The van der Waals surface area contributed by atoms with Crippen molar-refractivity contribution in [1.82, 2.24) is 0 Å². The highest BCUT2D eigenvalue weighted by Crippen LogP contribution is 2.41. The van der Waals surface area contributed by atoms with Crippen LogP contribution in [0.3, 0.4) is 0 Å². The van der Waals surface area contributed by atoms with E-state index in [4.69, 9.17) is 16.3 Å². The van der Waals surface area contributed by atoms with Gasteiger partial charge in [0.1, 0.15) is 5.92 Å². The van der Waals surface area contributed by atoms with Crippen molar-refractivity contribution in [3.63, 3.8) is 0 Å². The number of esters is 1. The number of ketones is 1. The molecule has 4 heteroatoms. The van der Waals surface area contributed by atoms with Gasteiger partial charge >= 0.3 is 5.97 Å². The fraction of sp³-hybridized carbons (Fsp3) is 0.273. The van der Waals surface area contributed by atoms with Gasteiger partial charge in [0, 0.05) is 10.9 Å². The lowest BCUT2D eigenvalue weighted by atomic mass is 9.73. The van der Waals surface area contributed by atoms with Crippen LogP contribution in [0.25, 0.3) is 5.57 Å². The van der Waals surface area contributed by atoms with Crippen LogP contribution in [0.1, 0.15) is 36.0 Å². The third kappa shape index (κ3) is 3.73. The second-order valence-corrected chi connectivity index (χ2v) is 6.91. The summed E-state index contributed by atoms with van der Waals surface area (Å²) in [4.78, 5) is 25.3. The first-order valence-electron chi connectivity index (χ1n) is 8.73. The summed E-state index contributed by atoms with van der Waals surface area (Å²) in [5.41, 5.74) is 3.75. The molecule has 2 atom stereocenters. The van der Waals surface area contributed by atoms with Gasteiger partial charge in [-0.05, 0) is 49.1 Å². The highest BCUT2D eigenvalue weighted by atomic mass is 35.5. The number of benzene rings is 2. The zero-order valence-electron chi connectivity index (χ0n) is 14.9. The van der Waals surface area contributed by atoms with E-state index in [0.29, 0.717) is 11.4 Å². The maximum Gasteiger partial charge on any atom is 0.317 e. The molecule has 0 heterocycles. The number of carbonyl (C=O) groups is 2. The lowest BCUT2D eigenvalue weighted by Gasteiger charge is -2.30. The molecule has 1 aliphatic carbocycles. The number of carbonyl (C=O) groups excluding carboxylic acids is 2. The highest BCUT2D eigenvalue weighted by molar-refractivity contribution is 6.32. The molecule has 0 spiro atoms. The number of hydrogen-bond acceptors (Lipinski definition) is 3. The number of aryl methyl sites for hydroxylation is 1. The summed E-state index contributed by atoms with van der Waals surface area (Å²) in [5.74, 6) is -1.77. The first kappa shape index (κ1) is 18.4. The minimum Gasteiger partial charge on any atom is -0.465 e. The van der Waals surface area contributed by atoms with Crippen LogP contribution < -0.4 is 0 Å². The van der Waals surface area contributed by atoms with Crippen molar-refractivity contribution in [2.24, 2.45) is 5.92 Å². The van der Waals surface area contributed by atoms with Crippen molar-refractivity contribution in [3.05, 3.63) is 76.3 Å². The Hall–Kier alpha value is -2.39. The summed E-state index contributed by atoms with van der Waals surface area (Å²) in [6.45, 7) is 4.00. The van der Waals surface area contributed by atoms with Crippen molar-refractivity contribution < 1.29 is 14.3 Å². The first-order chi connectivity index (χ1) is 12.5. The second kappa shape index (κ2) is 7.88. The van der Waals surface area contributed by atoms with Gasteiger partial charge in [-0.3, -0.25) is 9.59 Å². The Labute approximate surface area is 158 Å². The molecular formula is C22H21ClO3. The largest absolute Gasteiger partial charge is 0.465 e. The predicted octanol–water partition coefficient (Wildman–Crippen LogP) is 4.97. The molecule has 3 nitrogen and oxygen atoms in total. The summed E-state index contributed by atoms with van der Waals surface area (Å²) in [6, 6.07) is 15.4. The third-order valence-corrected chi connectivity index (χ3v) is 5.03. The molecule has 0 aliphatic heterocycles. The number of halogens is 1. The van der Waals surface area contributed by atoms with Gasteiger partial charge in [0.2, 0.25) is 0 Å². The van der Waals surface area contributed by atoms with Gasteiger partial charge in [-0.25, -0.2) is 0 Å². The van der Waals surface area contributed by atoms with E-state index in [1.807, 2.05) is 49.4 Å². The lowest BCUT2D eigenvalue weighted by molar-refractivity contribution is -0.151. The molecule has 0 radical (unpaired) electrons. The van der Waals surface area contributed by atoms with Gasteiger partial charge in [0.15, 0.2) is 5.78 Å². The number of hydrogen-bond donors (Lipinski definition) is 0. The van der Waals surface area contributed by atoms with Crippen LogP contribution in [0.15, 0.2) is 54.6 Å². The van der Waals surface area contributed by atoms with Crippen LogP contribution in [-0.4, -0.2) is 18.4 Å². The highest BCUT2D eigenvalue weighted by Gasteiger charge is 2.40. The van der Waals surface area contributed by atoms with Crippen LogP contribution in [0.5, 0.6) is 0 Å². The Bertz CT molecular complexity index is 869. The van der Waals surface area contributed by atoms with E-state index in [1.165, 1.54) is 0 Å². The number of allylic oxidation sites excluding steroid dienone is 2. The van der Waals surface area contributed by atoms with Crippen LogP contribution in [0.4, 0.5) is 0 Å². The SMILES string of the molecule is CCOC(=O)[C@@H]1C(=O)C=C(c2ccccc2Cl)C[C@H]1c1cccc(C)c1. The Kier molecular flexibility index (Phi) is 5.58. The number of ether oxygens (including phenoxy) is 1. The average Bonchev–Trinajstić information content (AvgIpc) is 2.61. The zero-order valence-corrected chi connectivity index (χ0v) is 15.6. The van der Waals surface area contributed by atoms with Gasteiger partial charge in [-0.15, -0.1) is 0 Å². The molecule has 0 amide bonds. The van der Waals surface area contributed by atoms with E-state index in [0.717, 1.165) is 22.3 Å². The first-order valence-corrected chi connectivity index (χ1v) is 9.11. The van der Waals surface area contributed by atoms with Gasteiger partial charge in [-0.2, -0.15) is 0 Å². The molecule has 26 heavy (non-hydrogen) atoms. The molecule has 134 valence electrons. The van der Waals surface area contributed by atoms with Crippen molar-refractivity contribution in [2.75, 3.05) is 6.61 Å². The molecule has 3 rings (SSSR count). The molecule has 0 aromatic heterocycles. The minimum absolute atomic E-state index is 0.226. The molecule has 0 N–H and O–H groups in total. The van der Waals surface area contributed by atoms with Gasteiger partial charge < -0.3 is 4.74 Å². The monoisotopic (exact) mass is 368 g/mol. The summed E-state index contributed by atoms with van der Waals surface area (Å²) in [7, 11) is 0. The Morgan fingerprint density at radius 2 is 1.96 bits per heavy atom. The Morgan fingerprint density at radius 3 is 2.65 bits per heavy atom. The van der Waals surface area contributed by atoms with E-state index in [2.05, 4.69) is 0 Å². The molecule has 2 aromatic carbocycles. The van der Waals surface area contributed by atoms with Crippen LogP contribution in [-0.2, 0) is 14.3 Å². The zero-order chi connectivity index (χ0) is 18.7. The van der Waals surface area contributed by atoms with E-state index < -0.39 is 11.9 Å². The molecule has 0 unspecified atom stereocenters. The Balaban J connectivity index is 2.06. The third-order valence-electron chi connectivity index (χ3n) is 4.70. The van der Waals surface area contributed by atoms with Crippen molar-refractivity contribution in [1.29, 1.82) is 0 Å². The Morgan fingerprint density at radius 1 is 1.19 bits per heavy atom. The van der Waals surface area contributed by atoms with Gasteiger partial charge in [-0.1, -0.05) is 59.6 Å². The van der Waals surface area contributed by atoms with Crippen molar-refractivity contribution >= 4 is 28.9 Å². The lowest BCUT2D eigenvalue weighted by Crippen LogP contribution is -2.34. The topological polar surface area (TPSA) is 43.4 Å². The quantitative estimate of drug-likeness (QED) is 0.565. The summed E-state index contributed by atoms with van der Waals surface area (Å²) in [5, 5.41) is 0.601. The fourth-order valence-corrected chi connectivity index (χ4v) is 3.76. The molecule has 2 aromatic rings. The predicted molar refractivity (Wildman–Crippen MR) is 103 cm³/mol. The normalized spacial score (nSPS) is 19.8. The molecular weight excluding hydrogens is 348 g/mol. The maximum absolute atomic E-state index is 12.9. The smallest absolute Gasteiger partial charge is 0.317 e. The fourth-order valence-electron chi connectivity index (χ4n) is 3.51. The summed E-state index contributed by atoms with van der Waals surface area (Å²) < 4.78 is 5.18. The molecule has 0 bridgehead atoms. The molecule has 1 aliphatic rings. The average molecular weight is 369 g/mol. The van der Waals surface area contributed by atoms with Crippen molar-refractivity contribution in [3.8, 4) is 0 Å². The van der Waals surface area contributed by atoms with Gasteiger partial charge in [0.25, 0.3) is 0 Å². The van der Waals surface area contributed by atoms with Gasteiger partial charge in [0.05, 0.1) is 6.61 Å². The second-order valence-electron chi connectivity index (χ2n) is 6.51. The van der Waals surface area contributed by atoms with E-state index in [-0.39, 0.29) is 18.3 Å². The van der Waals surface area contributed by atoms with E-state index >= 15 is 0 Å². The van der Waals surface area contributed by atoms with Crippen LogP contribution in [0.2, 0.25) is 5.02 Å². The summed E-state index contributed by atoms with van der Waals surface area (Å²) in [6.07, 6.45) is 2.11. The minimum atomic E-state index is -0.817. The van der Waals surface area contributed by atoms with E-state index in [9.17, 15) is 9.59 Å². The van der Waals surface area contributed by atoms with Crippen molar-refractivity contribution in [2.45, 2.75) is 26.2 Å². The van der Waals surface area contributed by atoms with Crippen LogP contribution >= 0.6 is 11.6 Å². The standard InChI is InChI=1S/C22H21ClO3/c1-3-26-22(25)21-18(15-8-6-7-14(2)11-15)12-16(13-20(21)24)17-9-4-5-10-19(17)23/h4-11,13,18,21H,3,12H2,1-2H3/t18-,21-/m0/s1. The van der Waals surface area contributed by atoms with Crippen LogP contribution in [0, 0.1) is 12.8 Å².